The first-order valence-corrected chi connectivity index (χ1v) is 7.67. The van der Waals surface area contributed by atoms with Crippen LogP contribution in [0.4, 0.5) is 4.79 Å². The third kappa shape index (κ3) is 4.72. The first-order valence-electron chi connectivity index (χ1n) is 7.67. The number of aliphatic hydroxyl groups is 1. The number of urea groups is 1. The molecule has 0 aliphatic carbocycles. The molecule has 0 aromatic heterocycles. The van der Waals surface area contributed by atoms with Gasteiger partial charge in [-0.2, -0.15) is 0 Å². The van der Waals surface area contributed by atoms with Gasteiger partial charge in [0.1, 0.15) is 0 Å². The van der Waals surface area contributed by atoms with Crippen LogP contribution in [0.5, 0.6) is 0 Å². The molecule has 2 amide bonds. The minimum Gasteiger partial charge on any atom is -0.392 e. The highest BCUT2D eigenvalue weighted by molar-refractivity contribution is 5.74. The average Bonchev–Trinajstić information content (AvgIpc) is 2.54. The Morgan fingerprint density at radius 3 is 2.57 bits per heavy atom. The highest BCUT2D eigenvalue weighted by Gasteiger charge is 2.19. The second-order valence-corrected chi connectivity index (χ2v) is 5.46. The molecule has 5 heteroatoms. The predicted octanol–water partition coefficient (Wildman–Crippen LogP) is 1.46. The molecule has 1 aromatic rings. The van der Waals surface area contributed by atoms with Crippen molar-refractivity contribution in [1.82, 2.24) is 15.5 Å². The van der Waals surface area contributed by atoms with Crippen molar-refractivity contribution < 1.29 is 9.90 Å². The van der Waals surface area contributed by atoms with Crippen LogP contribution in [0.2, 0.25) is 0 Å². The summed E-state index contributed by atoms with van der Waals surface area (Å²) in [6, 6.07) is 7.73. The second kappa shape index (κ2) is 8.00. The van der Waals surface area contributed by atoms with Gasteiger partial charge in [-0.25, -0.2) is 4.79 Å². The van der Waals surface area contributed by atoms with Crippen molar-refractivity contribution in [3.8, 4) is 0 Å². The molecule has 0 radical (unpaired) electrons. The van der Waals surface area contributed by atoms with Gasteiger partial charge >= 0.3 is 6.03 Å². The number of likely N-dealkylation sites (tertiary alicyclic amines) is 1. The van der Waals surface area contributed by atoms with Gasteiger partial charge in [-0.15, -0.1) is 0 Å². The fourth-order valence-electron chi connectivity index (χ4n) is 2.69. The van der Waals surface area contributed by atoms with Crippen molar-refractivity contribution in [1.29, 1.82) is 0 Å². The standard InChI is InChI=1S/C16H25N3O2/c1-2-19-9-7-15(8-10-19)18-16(21)17-11-13-5-3-4-6-14(13)12-20/h3-6,15,20H,2,7-12H2,1H3,(H2,17,18,21). The Kier molecular flexibility index (Phi) is 6.02. The van der Waals surface area contributed by atoms with Crippen LogP contribution in [0.25, 0.3) is 0 Å². The summed E-state index contributed by atoms with van der Waals surface area (Å²) in [5.41, 5.74) is 1.81. The number of amides is 2. The Bertz CT molecular complexity index is 457. The van der Waals surface area contributed by atoms with Gasteiger partial charge in [0, 0.05) is 25.7 Å². The fourth-order valence-corrected chi connectivity index (χ4v) is 2.69. The van der Waals surface area contributed by atoms with Gasteiger partial charge in [0.15, 0.2) is 0 Å². The normalized spacial score (nSPS) is 16.7. The van der Waals surface area contributed by atoms with Gasteiger partial charge in [0.05, 0.1) is 6.61 Å². The van der Waals surface area contributed by atoms with Crippen molar-refractivity contribution in [3.05, 3.63) is 35.4 Å². The smallest absolute Gasteiger partial charge is 0.315 e. The number of rotatable bonds is 5. The number of carbonyl (C=O) groups excluding carboxylic acids is 1. The van der Waals surface area contributed by atoms with Crippen molar-refractivity contribution in [2.75, 3.05) is 19.6 Å². The van der Waals surface area contributed by atoms with Gasteiger partial charge in [-0.05, 0) is 30.5 Å². The summed E-state index contributed by atoms with van der Waals surface area (Å²) in [7, 11) is 0. The zero-order valence-electron chi connectivity index (χ0n) is 12.6. The fraction of sp³-hybridized carbons (Fsp3) is 0.562. The quantitative estimate of drug-likeness (QED) is 0.769. The van der Waals surface area contributed by atoms with Crippen molar-refractivity contribution in [3.63, 3.8) is 0 Å². The summed E-state index contributed by atoms with van der Waals surface area (Å²) in [6.07, 6.45) is 2.02. The molecule has 0 unspecified atom stereocenters. The second-order valence-electron chi connectivity index (χ2n) is 5.46. The molecule has 21 heavy (non-hydrogen) atoms. The summed E-state index contributed by atoms with van der Waals surface area (Å²) in [6.45, 7) is 5.78. The van der Waals surface area contributed by atoms with E-state index in [0.717, 1.165) is 43.6 Å². The number of hydrogen-bond acceptors (Lipinski definition) is 3. The third-order valence-electron chi connectivity index (χ3n) is 4.10. The van der Waals surface area contributed by atoms with Crippen LogP contribution in [0.1, 0.15) is 30.9 Å². The lowest BCUT2D eigenvalue weighted by Crippen LogP contribution is -2.47. The van der Waals surface area contributed by atoms with E-state index in [4.69, 9.17) is 0 Å². The zero-order valence-corrected chi connectivity index (χ0v) is 12.6. The monoisotopic (exact) mass is 291 g/mol. The molecule has 1 saturated heterocycles. The Labute approximate surface area is 126 Å². The van der Waals surface area contributed by atoms with Crippen LogP contribution in [-0.2, 0) is 13.2 Å². The highest BCUT2D eigenvalue weighted by atomic mass is 16.3. The van der Waals surface area contributed by atoms with E-state index in [2.05, 4.69) is 22.5 Å². The van der Waals surface area contributed by atoms with E-state index < -0.39 is 0 Å². The lowest BCUT2D eigenvalue weighted by Gasteiger charge is -2.31. The van der Waals surface area contributed by atoms with E-state index in [1.807, 2.05) is 24.3 Å². The minimum absolute atomic E-state index is 0.00501. The molecular weight excluding hydrogens is 266 g/mol. The maximum Gasteiger partial charge on any atom is 0.315 e. The molecule has 0 saturated carbocycles. The molecule has 0 bridgehead atoms. The topological polar surface area (TPSA) is 64.6 Å². The van der Waals surface area contributed by atoms with Gasteiger partial charge in [0.2, 0.25) is 0 Å². The van der Waals surface area contributed by atoms with Gasteiger partial charge in [0.25, 0.3) is 0 Å². The molecule has 1 aliphatic heterocycles. The number of carbonyl (C=O) groups is 1. The van der Waals surface area contributed by atoms with Crippen LogP contribution in [-0.4, -0.2) is 41.7 Å². The molecule has 0 atom stereocenters. The molecule has 0 spiro atoms. The Morgan fingerprint density at radius 1 is 1.29 bits per heavy atom. The van der Waals surface area contributed by atoms with Crippen LogP contribution in [0.15, 0.2) is 24.3 Å². The summed E-state index contributed by atoms with van der Waals surface area (Å²) < 4.78 is 0. The summed E-state index contributed by atoms with van der Waals surface area (Å²) >= 11 is 0. The molecule has 2 rings (SSSR count). The van der Waals surface area contributed by atoms with Crippen molar-refractivity contribution >= 4 is 6.03 Å². The number of hydrogen-bond donors (Lipinski definition) is 3. The molecule has 1 aromatic carbocycles. The SMILES string of the molecule is CCN1CCC(NC(=O)NCc2ccccc2CO)CC1. The number of nitrogens with one attached hydrogen (secondary N) is 2. The van der Waals surface area contributed by atoms with E-state index in [0.29, 0.717) is 6.54 Å². The van der Waals surface area contributed by atoms with Gasteiger partial charge in [-0.1, -0.05) is 31.2 Å². The lowest BCUT2D eigenvalue weighted by atomic mass is 10.1. The summed E-state index contributed by atoms with van der Waals surface area (Å²) in [4.78, 5) is 14.3. The Hall–Kier alpha value is -1.59. The maximum atomic E-state index is 11.9. The maximum absolute atomic E-state index is 11.9. The summed E-state index contributed by atoms with van der Waals surface area (Å²) in [5, 5.41) is 15.2. The Balaban J connectivity index is 1.75. The van der Waals surface area contributed by atoms with Crippen LogP contribution in [0.3, 0.4) is 0 Å². The number of aliphatic hydroxyl groups excluding tert-OH is 1. The minimum atomic E-state index is -0.127. The average molecular weight is 291 g/mol. The van der Waals surface area contributed by atoms with Gasteiger partial charge in [-0.3, -0.25) is 0 Å². The van der Waals surface area contributed by atoms with Crippen molar-refractivity contribution in [2.45, 2.75) is 39.0 Å². The predicted molar refractivity (Wildman–Crippen MR) is 82.9 cm³/mol. The van der Waals surface area contributed by atoms with E-state index in [-0.39, 0.29) is 18.7 Å². The number of nitrogens with zero attached hydrogens (tertiary/aromatic N) is 1. The molecule has 1 aliphatic rings. The van der Waals surface area contributed by atoms with Crippen LogP contribution >= 0.6 is 0 Å². The van der Waals surface area contributed by atoms with E-state index >= 15 is 0 Å². The van der Waals surface area contributed by atoms with Crippen molar-refractivity contribution in [2.24, 2.45) is 0 Å². The molecule has 1 fully saturated rings. The lowest BCUT2D eigenvalue weighted by molar-refractivity contribution is 0.198. The number of benzene rings is 1. The molecular formula is C16H25N3O2. The summed E-state index contributed by atoms with van der Waals surface area (Å²) in [5.74, 6) is 0. The molecule has 116 valence electrons. The molecule has 3 N–H and O–H groups in total. The van der Waals surface area contributed by atoms with E-state index in [1.54, 1.807) is 0 Å². The zero-order chi connectivity index (χ0) is 15.1. The van der Waals surface area contributed by atoms with E-state index in [1.165, 1.54) is 0 Å². The van der Waals surface area contributed by atoms with E-state index in [9.17, 15) is 9.90 Å². The first-order chi connectivity index (χ1) is 10.2. The highest BCUT2D eigenvalue weighted by Crippen LogP contribution is 2.10. The number of piperidine rings is 1. The van der Waals surface area contributed by atoms with Crippen LogP contribution < -0.4 is 10.6 Å². The third-order valence-corrected chi connectivity index (χ3v) is 4.10. The molecule has 1 heterocycles. The first kappa shape index (κ1) is 15.8. The Morgan fingerprint density at radius 2 is 1.95 bits per heavy atom. The largest absolute Gasteiger partial charge is 0.392 e. The van der Waals surface area contributed by atoms with Crippen LogP contribution in [0, 0.1) is 0 Å². The van der Waals surface area contributed by atoms with Gasteiger partial charge < -0.3 is 20.6 Å². The molecule has 5 nitrogen and oxygen atoms in total.